The molecule has 12 heteroatoms. The number of hydrogen-bond donors (Lipinski definition) is 1. The van der Waals surface area contributed by atoms with E-state index in [4.69, 9.17) is 16.7 Å². The summed E-state index contributed by atoms with van der Waals surface area (Å²) in [5, 5.41) is 8.37. The van der Waals surface area contributed by atoms with Crippen molar-refractivity contribution in [2.24, 2.45) is 0 Å². The van der Waals surface area contributed by atoms with Gasteiger partial charge in [0.25, 0.3) is 10.0 Å². The lowest BCUT2D eigenvalue weighted by atomic mass is 10.2. The van der Waals surface area contributed by atoms with Crippen molar-refractivity contribution in [3.63, 3.8) is 0 Å². The number of nitrogens with zero attached hydrogens (tertiary/aromatic N) is 3. The van der Waals surface area contributed by atoms with E-state index in [9.17, 15) is 26.4 Å². The summed E-state index contributed by atoms with van der Waals surface area (Å²) in [5.41, 5.74) is -1.98. The Hall–Kier alpha value is -2.40. The first-order chi connectivity index (χ1) is 11.5. The van der Waals surface area contributed by atoms with E-state index in [1.54, 1.807) is 0 Å². The molecule has 7 nitrogen and oxygen atoms in total. The highest BCUT2D eigenvalue weighted by Gasteiger charge is 2.35. The van der Waals surface area contributed by atoms with Gasteiger partial charge in [0.2, 0.25) is 0 Å². The third kappa shape index (κ3) is 4.17. The summed E-state index contributed by atoms with van der Waals surface area (Å²) < 4.78 is 64.1. The number of rotatable bonds is 5. The SMILES string of the molecule is O=C(O)CN(c1cc(C(F)(F)F)cnc1Cl)S(=O)(=O)c1cccnc1. The van der Waals surface area contributed by atoms with Crippen LogP contribution in [0.5, 0.6) is 0 Å². The maximum Gasteiger partial charge on any atom is 0.417 e. The third-order valence-electron chi connectivity index (χ3n) is 2.92. The number of sulfonamides is 1. The lowest BCUT2D eigenvalue weighted by molar-refractivity contribution is -0.137. The van der Waals surface area contributed by atoms with E-state index in [2.05, 4.69) is 9.97 Å². The third-order valence-corrected chi connectivity index (χ3v) is 4.95. The van der Waals surface area contributed by atoms with Gasteiger partial charge in [0.1, 0.15) is 11.4 Å². The number of carboxylic acid groups (broad SMARTS) is 1. The van der Waals surface area contributed by atoms with Gasteiger partial charge in [-0.2, -0.15) is 13.2 Å². The van der Waals surface area contributed by atoms with E-state index in [1.807, 2.05) is 0 Å². The molecule has 0 aliphatic heterocycles. The zero-order chi connectivity index (χ0) is 18.8. The van der Waals surface area contributed by atoms with E-state index >= 15 is 0 Å². The molecule has 2 rings (SSSR count). The van der Waals surface area contributed by atoms with Gasteiger partial charge in [-0.15, -0.1) is 0 Å². The van der Waals surface area contributed by atoms with Crippen LogP contribution in [-0.2, 0) is 21.0 Å². The van der Waals surface area contributed by atoms with Crippen molar-refractivity contribution >= 4 is 33.3 Å². The molecular weight excluding hydrogens is 387 g/mol. The molecule has 2 heterocycles. The fourth-order valence-electron chi connectivity index (χ4n) is 1.82. The zero-order valence-electron chi connectivity index (χ0n) is 12.1. The molecule has 0 fully saturated rings. The van der Waals surface area contributed by atoms with Crippen LogP contribution in [0.1, 0.15) is 5.56 Å². The Balaban J connectivity index is 2.65. The summed E-state index contributed by atoms with van der Waals surface area (Å²) in [7, 11) is -4.54. The van der Waals surface area contributed by atoms with Crippen molar-refractivity contribution in [2.75, 3.05) is 10.8 Å². The van der Waals surface area contributed by atoms with E-state index in [1.165, 1.54) is 12.3 Å². The Morgan fingerprint density at radius 1 is 1.32 bits per heavy atom. The largest absolute Gasteiger partial charge is 0.480 e. The predicted molar refractivity (Wildman–Crippen MR) is 80.7 cm³/mol. The number of anilines is 1. The molecule has 0 aliphatic carbocycles. The number of carbonyl (C=O) groups is 1. The second kappa shape index (κ2) is 6.84. The Kier molecular flexibility index (Phi) is 5.18. The number of aliphatic carboxylic acids is 1. The molecule has 0 atom stereocenters. The highest BCUT2D eigenvalue weighted by atomic mass is 35.5. The Morgan fingerprint density at radius 3 is 2.52 bits per heavy atom. The normalized spacial score (nSPS) is 12.0. The molecular formula is C13H9ClF3N3O4S. The number of carboxylic acids is 1. The standard InChI is InChI=1S/C13H9ClF3N3O4S/c14-12-10(4-8(5-19-12)13(15,16)17)20(7-11(21)22)25(23,24)9-2-1-3-18-6-9/h1-6H,7H2,(H,21,22). The molecule has 0 aromatic carbocycles. The van der Waals surface area contributed by atoms with Crippen LogP contribution in [0.15, 0.2) is 41.7 Å². The minimum absolute atomic E-state index is 0.233. The molecule has 0 radical (unpaired) electrons. The Morgan fingerprint density at radius 2 is 2.00 bits per heavy atom. The highest BCUT2D eigenvalue weighted by Crippen LogP contribution is 2.35. The monoisotopic (exact) mass is 395 g/mol. The maximum atomic E-state index is 12.9. The predicted octanol–water partition coefficient (Wildman–Crippen LogP) is 2.43. The van der Waals surface area contributed by atoms with E-state index < -0.39 is 50.0 Å². The van der Waals surface area contributed by atoms with Crippen molar-refractivity contribution in [3.8, 4) is 0 Å². The van der Waals surface area contributed by atoms with Crippen LogP contribution >= 0.6 is 11.6 Å². The van der Waals surface area contributed by atoms with Gasteiger partial charge in [0, 0.05) is 18.6 Å². The van der Waals surface area contributed by atoms with Gasteiger partial charge in [-0.3, -0.25) is 14.1 Å². The summed E-state index contributed by atoms with van der Waals surface area (Å²) in [4.78, 5) is 17.5. The highest BCUT2D eigenvalue weighted by molar-refractivity contribution is 7.92. The molecule has 2 aromatic heterocycles. The lowest BCUT2D eigenvalue weighted by Crippen LogP contribution is -2.36. The van der Waals surface area contributed by atoms with Crippen LogP contribution in [0.25, 0.3) is 0 Å². The first-order valence-electron chi connectivity index (χ1n) is 6.41. The molecule has 0 bridgehead atoms. The van der Waals surface area contributed by atoms with Crippen LogP contribution in [0, 0.1) is 0 Å². The van der Waals surface area contributed by atoms with Gasteiger partial charge in [-0.25, -0.2) is 13.4 Å². The van der Waals surface area contributed by atoms with Crippen molar-refractivity contribution in [2.45, 2.75) is 11.1 Å². The van der Waals surface area contributed by atoms with Crippen LogP contribution in [-0.4, -0.2) is 36.0 Å². The first-order valence-corrected chi connectivity index (χ1v) is 8.22. The molecule has 0 aliphatic rings. The van der Waals surface area contributed by atoms with Crippen molar-refractivity contribution < 1.29 is 31.5 Å². The second-order valence-corrected chi connectivity index (χ2v) is 6.85. The number of pyridine rings is 2. The number of hydrogen-bond acceptors (Lipinski definition) is 5. The lowest BCUT2D eigenvalue weighted by Gasteiger charge is -2.23. The molecule has 0 spiro atoms. The zero-order valence-corrected chi connectivity index (χ0v) is 13.7. The van der Waals surface area contributed by atoms with Crippen molar-refractivity contribution in [1.29, 1.82) is 0 Å². The summed E-state index contributed by atoms with van der Waals surface area (Å²) in [6.07, 6.45) is -2.20. The van der Waals surface area contributed by atoms with E-state index in [0.29, 0.717) is 12.3 Å². The molecule has 0 amide bonds. The Bertz CT molecular complexity index is 891. The summed E-state index contributed by atoms with van der Waals surface area (Å²) in [6, 6.07) is 2.82. The fourth-order valence-corrected chi connectivity index (χ4v) is 3.45. The average Bonchev–Trinajstić information content (AvgIpc) is 2.53. The summed E-state index contributed by atoms with van der Waals surface area (Å²) >= 11 is 5.72. The van der Waals surface area contributed by atoms with Crippen molar-refractivity contribution in [3.05, 3.63) is 47.5 Å². The second-order valence-electron chi connectivity index (χ2n) is 4.63. The summed E-state index contributed by atoms with van der Waals surface area (Å²) in [6.45, 7) is -1.15. The van der Waals surface area contributed by atoms with Gasteiger partial charge in [-0.05, 0) is 18.2 Å². The van der Waals surface area contributed by atoms with Crippen LogP contribution in [0.2, 0.25) is 5.15 Å². The average molecular weight is 396 g/mol. The smallest absolute Gasteiger partial charge is 0.417 e. The fraction of sp³-hybridized carbons (Fsp3) is 0.154. The molecule has 1 N–H and O–H groups in total. The van der Waals surface area contributed by atoms with E-state index in [-0.39, 0.29) is 4.31 Å². The number of halogens is 4. The van der Waals surface area contributed by atoms with Crippen LogP contribution < -0.4 is 4.31 Å². The minimum atomic E-state index is -4.82. The van der Waals surface area contributed by atoms with Crippen molar-refractivity contribution in [1.82, 2.24) is 9.97 Å². The molecule has 0 saturated heterocycles. The van der Waals surface area contributed by atoms with E-state index in [0.717, 1.165) is 12.3 Å². The molecule has 0 saturated carbocycles. The Labute approximate surface area is 144 Å². The molecule has 134 valence electrons. The molecule has 2 aromatic rings. The maximum absolute atomic E-state index is 12.9. The quantitative estimate of drug-likeness (QED) is 0.780. The van der Waals surface area contributed by atoms with Gasteiger partial charge >= 0.3 is 12.1 Å². The number of alkyl halides is 3. The van der Waals surface area contributed by atoms with Gasteiger partial charge < -0.3 is 5.11 Å². The van der Waals surface area contributed by atoms with Gasteiger partial charge in [0.15, 0.2) is 5.15 Å². The van der Waals surface area contributed by atoms with Crippen LogP contribution in [0.3, 0.4) is 0 Å². The van der Waals surface area contributed by atoms with Gasteiger partial charge in [0.05, 0.1) is 11.3 Å². The van der Waals surface area contributed by atoms with Crippen LogP contribution in [0.4, 0.5) is 18.9 Å². The summed E-state index contributed by atoms with van der Waals surface area (Å²) in [5.74, 6) is -1.60. The molecule has 25 heavy (non-hydrogen) atoms. The van der Waals surface area contributed by atoms with Gasteiger partial charge in [-0.1, -0.05) is 11.6 Å². The first kappa shape index (κ1) is 18.9. The minimum Gasteiger partial charge on any atom is -0.480 e. The molecule has 0 unspecified atom stereocenters. The number of aromatic nitrogens is 2. The topological polar surface area (TPSA) is 100 Å².